The third-order valence-electron chi connectivity index (χ3n) is 5.43. The number of hydrogen-bond acceptors (Lipinski definition) is 3. The average Bonchev–Trinajstić information content (AvgIpc) is 3.05. The minimum Gasteiger partial charge on any atom is -0.284 e. The van der Waals surface area contributed by atoms with E-state index in [0.29, 0.717) is 6.67 Å². The lowest BCUT2D eigenvalue weighted by Crippen LogP contribution is -2.39. The Kier molecular flexibility index (Phi) is 4.48. The van der Waals surface area contributed by atoms with Crippen LogP contribution in [0, 0.1) is 5.92 Å². The van der Waals surface area contributed by atoms with E-state index >= 15 is 0 Å². The second kappa shape index (κ2) is 6.89. The van der Waals surface area contributed by atoms with E-state index in [9.17, 15) is 4.79 Å². The van der Waals surface area contributed by atoms with E-state index in [2.05, 4.69) is 40.3 Å². The van der Waals surface area contributed by atoms with E-state index < -0.39 is 0 Å². The Hall–Kier alpha value is -1.94. The molecule has 1 aromatic heterocycles. The highest BCUT2D eigenvalue weighted by Crippen LogP contribution is 2.22. The standard InChI is InChI=1S/C20H25N3O/c24-20-14-18-7-4-8-19(18)21-23(20)15-22-11-9-17(10-12-22)13-16-5-2-1-3-6-16/h1-3,5-6,14,17H,4,7-13,15H2. The van der Waals surface area contributed by atoms with Crippen molar-refractivity contribution in [1.82, 2.24) is 14.7 Å². The maximum absolute atomic E-state index is 12.2. The number of hydrogen-bond donors (Lipinski definition) is 0. The van der Waals surface area contributed by atoms with Crippen molar-refractivity contribution in [3.05, 3.63) is 63.6 Å². The Morgan fingerprint density at radius 2 is 1.88 bits per heavy atom. The van der Waals surface area contributed by atoms with Crippen LogP contribution in [0.1, 0.15) is 36.1 Å². The molecule has 0 atom stereocenters. The zero-order chi connectivity index (χ0) is 16.4. The Morgan fingerprint density at radius 1 is 1.08 bits per heavy atom. The van der Waals surface area contributed by atoms with Crippen LogP contribution in [-0.4, -0.2) is 27.8 Å². The number of fused-ring (bicyclic) bond motifs is 1. The van der Waals surface area contributed by atoms with Gasteiger partial charge in [0.25, 0.3) is 5.56 Å². The Labute approximate surface area is 143 Å². The van der Waals surface area contributed by atoms with Crippen LogP contribution in [0.15, 0.2) is 41.2 Å². The van der Waals surface area contributed by atoms with Gasteiger partial charge in [0.2, 0.25) is 0 Å². The number of nitrogens with zero attached hydrogens (tertiary/aromatic N) is 3. The lowest BCUT2D eigenvalue weighted by molar-refractivity contribution is 0.137. The molecule has 126 valence electrons. The number of benzene rings is 1. The van der Waals surface area contributed by atoms with Crippen molar-refractivity contribution < 1.29 is 0 Å². The average molecular weight is 323 g/mol. The molecule has 24 heavy (non-hydrogen) atoms. The van der Waals surface area contributed by atoms with E-state index in [4.69, 9.17) is 0 Å². The van der Waals surface area contributed by atoms with Gasteiger partial charge in [-0.25, -0.2) is 4.68 Å². The molecule has 0 amide bonds. The van der Waals surface area contributed by atoms with Gasteiger partial charge in [-0.2, -0.15) is 5.10 Å². The Balaban J connectivity index is 1.34. The van der Waals surface area contributed by atoms with Crippen LogP contribution in [0.5, 0.6) is 0 Å². The first-order valence-corrected chi connectivity index (χ1v) is 9.14. The topological polar surface area (TPSA) is 38.1 Å². The summed E-state index contributed by atoms with van der Waals surface area (Å²) in [5.74, 6) is 0.758. The molecule has 0 N–H and O–H groups in total. The van der Waals surface area contributed by atoms with Gasteiger partial charge in [0.15, 0.2) is 0 Å². The van der Waals surface area contributed by atoms with Gasteiger partial charge in [-0.15, -0.1) is 0 Å². The minimum atomic E-state index is 0.0575. The van der Waals surface area contributed by atoms with Crippen molar-refractivity contribution in [2.45, 2.75) is 45.2 Å². The van der Waals surface area contributed by atoms with Crippen molar-refractivity contribution >= 4 is 0 Å². The van der Waals surface area contributed by atoms with Crippen LogP contribution in [0.25, 0.3) is 0 Å². The predicted molar refractivity (Wildman–Crippen MR) is 95.0 cm³/mol. The molecule has 1 saturated heterocycles. The molecule has 0 bridgehead atoms. The fraction of sp³-hybridized carbons (Fsp3) is 0.500. The van der Waals surface area contributed by atoms with Gasteiger partial charge >= 0.3 is 0 Å². The largest absolute Gasteiger partial charge is 0.284 e. The third kappa shape index (κ3) is 3.44. The van der Waals surface area contributed by atoms with Crippen molar-refractivity contribution in [3.63, 3.8) is 0 Å². The first kappa shape index (κ1) is 15.6. The smallest absolute Gasteiger partial charge is 0.268 e. The summed E-state index contributed by atoms with van der Waals surface area (Å²) >= 11 is 0. The molecule has 4 nitrogen and oxygen atoms in total. The first-order valence-electron chi connectivity index (χ1n) is 9.14. The molecular formula is C20H25N3O. The van der Waals surface area contributed by atoms with Gasteiger partial charge < -0.3 is 0 Å². The summed E-state index contributed by atoms with van der Waals surface area (Å²) in [5, 5.41) is 4.60. The molecule has 0 spiro atoms. The highest BCUT2D eigenvalue weighted by Gasteiger charge is 2.21. The monoisotopic (exact) mass is 323 g/mol. The van der Waals surface area contributed by atoms with Gasteiger partial charge in [-0.05, 0) is 55.6 Å². The lowest BCUT2D eigenvalue weighted by Gasteiger charge is -2.32. The zero-order valence-electron chi connectivity index (χ0n) is 14.2. The molecule has 1 fully saturated rings. The molecule has 0 saturated carbocycles. The SMILES string of the molecule is O=c1cc2c(nn1CN1CCC(Cc3ccccc3)CC1)CCC2. The van der Waals surface area contributed by atoms with Crippen LogP contribution >= 0.6 is 0 Å². The third-order valence-corrected chi connectivity index (χ3v) is 5.43. The zero-order valence-corrected chi connectivity index (χ0v) is 14.2. The molecule has 0 radical (unpaired) electrons. The predicted octanol–water partition coefficient (Wildman–Crippen LogP) is 2.64. The number of aryl methyl sites for hydroxylation is 2. The van der Waals surface area contributed by atoms with Crippen LogP contribution in [0.2, 0.25) is 0 Å². The van der Waals surface area contributed by atoms with E-state index in [1.807, 2.05) is 0 Å². The van der Waals surface area contributed by atoms with Crippen LogP contribution in [0.3, 0.4) is 0 Å². The summed E-state index contributed by atoms with van der Waals surface area (Å²) in [6, 6.07) is 12.6. The number of likely N-dealkylation sites (tertiary alicyclic amines) is 1. The maximum atomic E-state index is 12.2. The quantitative estimate of drug-likeness (QED) is 0.868. The number of piperidine rings is 1. The van der Waals surface area contributed by atoms with Crippen LogP contribution < -0.4 is 5.56 Å². The Morgan fingerprint density at radius 3 is 2.67 bits per heavy atom. The van der Waals surface area contributed by atoms with Gasteiger partial charge in [0.05, 0.1) is 12.4 Å². The van der Waals surface area contributed by atoms with E-state index in [1.165, 1.54) is 24.8 Å². The molecule has 4 rings (SSSR count). The molecule has 2 aromatic rings. The number of rotatable bonds is 4. The Bertz CT molecular complexity index is 745. The van der Waals surface area contributed by atoms with Gasteiger partial charge in [-0.1, -0.05) is 30.3 Å². The molecule has 4 heteroatoms. The van der Waals surface area contributed by atoms with Crippen molar-refractivity contribution in [2.75, 3.05) is 13.1 Å². The highest BCUT2D eigenvalue weighted by molar-refractivity contribution is 5.22. The van der Waals surface area contributed by atoms with Gasteiger partial charge in [-0.3, -0.25) is 9.69 Å². The minimum absolute atomic E-state index is 0.0575. The van der Waals surface area contributed by atoms with Crippen molar-refractivity contribution in [3.8, 4) is 0 Å². The van der Waals surface area contributed by atoms with Gasteiger partial charge in [0, 0.05) is 19.2 Å². The van der Waals surface area contributed by atoms with Crippen LogP contribution in [-0.2, 0) is 25.9 Å². The fourth-order valence-corrected chi connectivity index (χ4v) is 4.01. The number of aromatic nitrogens is 2. The van der Waals surface area contributed by atoms with Crippen molar-refractivity contribution in [2.24, 2.45) is 5.92 Å². The molecular weight excluding hydrogens is 298 g/mol. The van der Waals surface area contributed by atoms with E-state index in [1.54, 1.807) is 10.7 Å². The first-order chi connectivity index (χ1) is 11.8. The van der Waals surface area contributed by atoms with E-state index in [0.717, 1.165) is 49.5 Å². The molecule has 2 heterocycles. The summed E-state index contributed by atoms with van der Waals surface area (Å²) in [7, 11) is 0. The second-order valence-electron chi connectivity index (χ2n) is 7.20. The molecule has 2 aliphatic rings. The molecule has 1 aliphatic heterocycles. The van der Waals surface area contributed by atoms with E-state index in [-0.39, 0.29) is 5.56 Å². The fourth-order valence-electron chi connectivity index (χ4n) is 4.01. The lowest BCUT2D eigenvalue weighted by atomic mass is 9.90. The van der Waals surface area contributed by atoms with Crippen molar-refractivity contribution in [1.29, 1.82) is 0 Å². The summed E-state index contributed by atoms with van der Waals surface area (Å²) in [5.41, 5.74) is 3.79. The molecule has 1 aromatic carbocycles. The molecule has 0 unspecified atom stereocenters. The summed E-state index contributed by atoms with van der Waals surface area (Å²) in [6.45, 7) is 2.76. The normalized spacial score (nSPS) is 18.7. The maximum Gasteiger partial charge on any atom is 0.268 e. The summed E-state index contributed by atoms with van der Waals surface area (Å²) < 4.78 is 1.67. The second-order valence-corrected chi connectivity index (χ2v) is 7.20. The molecule has 1 aliphatic carbocycles. The summed E-state index contributed by atoms with van der Waals surface area (Å²) in [6.07, 6.45) is 6.75. The summed E-state index contributed by atoms with van der Waals surface area (Å²) in [4.78, 5) is 14.6. The van der Waals surface area contributed by atoms with Crippen LogP contribution in [0.4, 0.5) is 0 Å². The highest BCUT2D eigenvalue weighted by atomic mass is 16.1. The van der Waals surface area contributed by atoms with Gasteiger partial charge in [0.1, 0.15) is 0 Å².